The summed E-state index contributed by atoms with van der Waals surface area (Å²) in [4.78, 5) is 20.4. The number of fused-ring (bicyclic) bond motifs is 1. The van der Waals surface area contributed by atoms with Gasteiger partial charge in [0.2, 0.25) is 0 Å². The first kappa shape index (κ1) is 21.3. The number of nitrogens with zero attached hydrogens (tertiary/aromatic N) is 2. The standard InChI is InChI=1S/C21H22F3N3OS/c1-13-10-14(2)18-17(11-13)25-20(29-18)27(9-8-26(3)4)19(28)15-6-5-7-16(12-15)21(22,23)24/h5-7,10-12H,8-9H2,1-4H3/p+1. The minimum Gasteiger partial charge on any atom is -0.338 e. The maximum Gasteiger partial charge on any atom is 0.416 e. The maximum atomic E-state index is 13.2. The molecule has 0 radical (unpaired) electrons. The predicted molar refractivity (Wildman–Crippen MR) is 110 cm³/mol. The number of hydrogen-bond acceptors (Lipinski definition) is 3. The molecule has 0 aliphatic heterocycles. The molecule has 3 aromatic rings. The zero-order valence-electron chi connectivity index (χ0n) is 16.7. The van der Waals surface area contributed by atoms with Gasteiger partial charge in [0.15, 0.2) is 5.13 Å². The Bertz CT molecular complexity index is 1040. The lowest BCUT2D eigenvalue weighted by molar-refractivity contribution is -0.856. The number of quaternary nitrogens is 1. The summed E-state index contributed by atoms with van der Waals surface area (Å²) in [5, 5.41) is 0.498. The molecule has 0 saturated carbocycles. The molecule has 0 saturated heterocycles. The number of amides is 1. The van der Waals surface area contributed by atoms with E-state index in [1.54, 1.807) is 0 Å². The highest BCUT2D eigenvalue weighted by molar-refractivity contribution is 7.22. The van der Waals surface area contributed by atoms with E-state index in [0.717, 1.165) is 38.4 Å². The molecule has 0 atom stereocenters. The zero-order chi connectivity index (χ0) is 21.3. The Balaban J connectivity index is 2.04. The number of halogens is 3. The van der Waals surface area contributed by atoms with E-state index in [9.17, 15) is 18.0 Å². The van der Waals surface area contributed by atoms with Gasteiger partial charge in [0, 0.05) is 5.56 Å². The van der Waals surface area contributed by atoms with Gasteiger partial charge in [0.05, 0.1) is 43.0 Å². The van der Waals surface area contributed by atoms with Gasteiger partial charge in [0.25, 0.3) is 5.91 Å². The Morgan fingerprint density at radius 2 is 1.90 bits per heavy atom. The number of alkyl halides is 3. The molecule has 4 nitrogen and oxygen atoms in total. The van der Waals surface area contributed by atoms with Crippen LogP contribution >= 0.6 is 11.3 Å². The smallest absolute Gasteiger partial charge is 0.338 e. The summed E-state index contributed by atoms with van der Waals surface area (Å²) < 4.78 is 40.3. The third-order valence-corrected chi connectivity index (χ3v) is 5.79. The Hall–Kier alpha value is -2.45. The normalized spacial score (nSPS) is 12.0. The van der Waals surface area contributed by atoms with Crippen molar-refractivity contribution in [3.63, 3.8) is 0 Å². The van der Waals surface area contributed by atoms with Crippen molar-refractivity contribution in [1.82, 2.24) is 4.98 Å². The Labute approximate surface area is 171 Å². The third kappa shape index (κ3) is 4.76. The highest BCUT2D eigenvalue weighted by atomic mass is 32.1. The predicted octanol–water partition coefficient (Wildman–Crippen LogP) is 3.72. The summed E-state index contributed by atoms with van der Waals surface area (Å²) in [5.74, 6) is -0.481. The number of anilines is 1. The van der Waals surface area contributed by atoms with Crippen LogP contribution in [0.25, 0.3) is 10.2 Å². The summed E-state index contributed by atoms with van der Waals surface area (Å²) in [6.45, 7) is 4.96. The van der Waals surface area contributed by atoms with Gasteiger partial charge in [-0.15, -0.1) is 0 Å². The molecule has 1 N–H and O–H groups in total. The van der Waals surface area contributed by atoms with Crippen LogP contribution in [0.1, 0.15) is 27.0 Å². The number of likely N-dealkylation sites (N-methyl/N-ethyl adjacent to an activating group) is 1. The first-order valence-electron chi connectivity index (χ1n) is 9.22. The van der Waals surface area contributed by atoms with Crippen molar-refractivity contribution < 1.29 is 22.9 Å². The molecule has 1 heterocycles. The lowest BCUT2D eigenvalue weighted by Gasteiger charge is -2.21. The molecule has 154 valence electrons. The van der Waals surface area contributed by atoms with Crippen molar-refractivity contribution in [3.05, 3.63) is 58.7 Å². The number of carbonyl (C=O) groups excluding carboxylic acids is 1. The van der Waals surface area contributed by atoms with Crippen LogP contribution in [0.5, 0.6) is 0 Å². The van der Waals surface area contributed by atoms with E-state index >= 15 is 0 Å². The molecular weight excluding hydrogens is 399 g/mol. The van der Waals surface area contributed by atoms with E-state index in [4.69, 9.17) is 0 Å². The molecule has 0 fully saturated rings. The van der Waals surface area contributed by atoms with Crippen molar-refractivity contribution in [2.75, 3.05) is 32.1 Å². The zero-order valence-corrected chi connectivity index (χ0v) is 17.5. The van der Waals surface area contributed by atoms with Crippen LogP contribution in [0.4, 0.5) is 18.3 Å². The van der Waals surface area contributed by atoms with E-state index < -0.39 is 17.6 Å². The maximum absolute atomic E-state index is 13.2. The Morgan fingerprint density at radius 1 is 1.17 bits per heavy atom. The van der Waals surface area contributed by atoms with Crippen molar-refractivity contribution in [3.8, 4) is 0 Å². The molecule has 29 heavy (non-hydrogen) atoms. The summed E-state index contributed by atoms with van der Waals surface area (Å²) in [6, 6.07) is 8.54. The number of aromatic nitrogens is 1. The molecule has 0 spiro atoms. The summed E-state index contributed by atoms with van der Waals surface area (Å²) >= 11 is 1.39. The Kier molecular flexibility index (Phi) is 5.95. The van der Waals surface area contributed by atoms with Gasteiger partial charge in [-0.1, -0.05) is 23.5 Å². The molecule has 1 amide bonds. The first-order chi connectivity index (χ1) is 13.6. The lowest BCUT2D eigenvalue weighted by atomic mass is 10.1. The van der Waals surface area contributed by atoms with Crippen molar-refractivity contribution >= 4 is 32.6 Å². The minimum atomic E-state index is -4.50. The number of thiazole rings is 1. The second kappa shape index (κ2) is 8.12. The molecule has 0 aliphatic carbocycles. The van der Waals surface area contributed by atoms with Crippen LogP contribution in [0, 0.1) is 13.8 Å². The molecule has 0 aliphatic rings. The van der Waals surface area contributed by atoms with E-state index in [1.807, 2.05) is 40.1 Å². The summed E-state index contributed by atoms with van der Waals surface area (Å²) in [5.41, 5.74) is 2.09. The van der Waals surface area contributed by atoms with Gasteiger partial charge in [0.1, 0.15) is 0 Å². The van der Waals surface area contributed by atoms with Gasteiger partial charge >= 0.3 is 6.18 Å². The number of aryl methyl sites for hydroxylation is 2. The second-order valence-electron chi connectivity index (χ2n) is 7.42. The second-order valence-corrected chi connectivity index (χ2v) is 8.40. The fourth-order valence-corrected chi connectivity index (χ4v) is 4.12. The molecule has 3 rings (SSSR count). The molecular formula is C21H23F3N3OS+. The number of hydrogen-bond donors (Lipinski definition) is 1. The molecule has 0 bridgehead atoms. The van der Waals surface area contributed by atoms with Crippen molar-refractivity contribution in [1.29, 1.82) is 0 Å². The van der Waals surface area contributed by atoms with Gasteiger partial charge in [-0.3, -0.25) is 9.69 Å². The van der Waals surface area contributed by atoms with Gasteiger partial charge in [-0.2, -0.15) is 13.2 Å². The average Bonchev–Trinajstić information content (AvgIpc) is 3.05. The quantitative estimate of drug-likeness (QED) is 0.681. The number of rotatable bonds is 5. The van der Waals surface area contributed by atoms with Crippen molar-refractivity contribution in [2.24, 2.45) is 0 Å². The van der Waals surface area contributed by atoms with Crippen LogP contribution in [-0.2, 0) is 6.18 Å². The van der Waals surface area contributed by atoms with E-state index in [1.165, 1.54) is 28.4 Å². The minimum absolute atomic E-state index is 0.000685. The largest absolute Gasteiger partial charge is 0.416 e. The van der Waals surface area contributed by atoms with E-state index in [-0.39, 0.29) is 5.56 Å². The highest BCUT2D eigenvalue weighted by Crippen LogP contribution is 2.34. The lowest BCUT2D eigenvalue weighted by Crippen LogP contribution is -3.06. The molecule has 2 aromatic carbocycles. The number of nitrogens with one attached hydrogen (secondary N) is 1. The van der Waals surface area contributed by atoms with Gasteiger partial charge < -0.3 is 4.90 Å². The van der Waals surface area contributed by atoms with Crippen molar-refractivity contribution in [2.45, 2.75) is 20.0 Å². The molecule has 0 unspecified atom stereocenters. The summed E-state index contributed by atoms with van der Waals surface area (Å²) in [6.07, 6.45) is -4.50. The van der Waals surface area contributed by atoms with Crippen LogP contribution < -0.4 is 9.80 Å². The van der Waals surface area contributed by atoms with Crippen LogP contribution in [0.15, 0.2) is 36.4 Å². The monoisotopic (exact) mass is 422 g/mol. The topological polar surface area (TPSA) is 37.6 Å². The number of benzene rings is 2. The fourth-order valence-electron chi connectivity index (χ4n) is 3.08. The van der Waals surface area contributed by atoms with Crippen LogP contribution in [0.2, 0.25) is 0 Å². The van der Waals surface area contributed by atoms with Crippen LogP contribution in [0.3, 0.4) is 0 Å². The van der Waals surface area contributed by atoms with Gasteiger partial charge in [-0.05, 0) is 49.2 Å². The van der Waals surface area contributed by atoms with Gasteiger partial charge in [-0.25, -0.2) is 4.98 Å². The Morgan fingerprint density at radius 3 is 2.55 bits per heavy atom. The fraction of sp³-hybridized carbons (Fsp3) is 0.333. The van der Waals surface area contributed by atoms with E-state index in [0.29, 0.717) is 18.2 Å². The highest BCUT2D eigenvalue weighted by Gasteiger charge is 2.32. The molecule has 1 aromatic heterocycles. The average molecular weight is 422 g/mol. The molecule has 8 heteroatoms. The summed E-state index contributed by atoms with van der Waals surface area (Å²) in [7, 11) is 3.91. The van der Waals surface area contributed by atoms with E-state index in [2.05, 4.69) is 4.98 Å². The SMILES string of the molecule is Cc1cc(C)c2sc(N(CC[NH+](C)C)C(=O)c3cccc(C(F)(F)F)c3)nc2c1. The number of carbonyl (C=O) groups is 1. The first-order valence-corrected chi connectivity index (χ1v) is 10.0. The van der Waals surface area contributed by atoms with Crippen LogP contribution in [-0.4, -0.2) is 38.1 Å². The third-order valence-electron chi connectivity index (χ3n) is 4.56.